The predicted molar refractivity (Wildman–Crippen MR) is 55.1 cm³/mol. The van der Waals surface area contributed by atoms with Crippen LogP contribution in [0.15, 0.2) is 0 Å². The molecule has 0 aliphatic rings. The van der Waals surface area contributed by atoms with Crippen LogP contribution in [-0.2, 0) is 9.53 Å². The molecule has 1 unspecified atom stereocenters. The first-order valence-electron chi connectivity index (χ1n) is 5.09. The lowest BCUT2D eigenvalue weighted by Crippen LogP contribution is -2.47. The molecule has 0 fully saturated rings. The van der Waals surface area contributed by atoms with Gasteiger partial charge < -0.3 is 20.5 Å². The molecular weight excluding hydrogens is 257 g/mol. The van der Waals surface area contributed by atoms with Gasteiger partial charge >= 0.3 is 18.2 Å². The Labute approximate surface area is 101 Å². The van der Waals surface area contributed by atoms with Gasteiger partial charge in [0.1, 0.15) is 6.04 Å². The molecule has 1 atom stereocenters. The van der Waals surface area contributed by atoms with Gasteiger partial charge in [-0.05, 0) is 0 Å². The summed E-state index contributed by atoms with van der Waals surface area (Å²) < 4.78 is 40.0. The van der Waals surface area contributed by atoms with Gasteiger partial charge in [0.15, 0.2) is 0 Å². The first-order valence-corrected chi connectivity index (χ1v) is 5.09. The third kappa shape index (κ3) is 8.62. The lowest BCUT2D eigenvalue weighted by molar-refractivity contribution is -0.140. The highest BCUT2D eigenvalue weighted by Crippen LogP contribution is 2.17. The van der Waals surface area contributed by atoms with E-state index >= 15 is 0 Å². The number of urea groups is 1. The molecule has 0 rings (SSSR count). The number of carbonyl (C=O) groups is 2. The SMILES string of the molecule is COCCC(NC(=O)NCCC(F)(F)F)C(=O)O. The van der Waals surface area contributed by atoms with Crippen molar-refractivity contribution in [2.75, 3.05) is 20.3 Å². The fraction of sp³-hybridized carbons (Fsp3) is 0.778. The summed E-state index contributed by atoms with van der Waals surface area (Å²) in [5, 5.41) is 12.7. The van der Waals surface area contributed by atoms with E-state index in [-0.39, 0.29) is 13.0 Å². The Kier molecular flexibility index (Phi) is 7.10. The van der Waals surface area contributed by atoms with Crippen LogP contribution in [0.5, 0.6) is 0 Å². The van der Waals surface area contributed by atoms with E-state index in [2.05, 4.69) is 4.74 Å². The van der Waals surface area contributed by atoms with Crippen LogP contribution in [0.4, 0.5) is 18.0 Å². The van der Waals surface area contributed by atoms with Crippen molar-refractivity contribution in [1.82, 2.24) is 10.6 Å². The van der Waals surface area contributed by atoms with Crippen molar-refractivity contribution >= 4 is 12.0 Å². The quantitative estimate of drug-likeness (QED) is 0.637. The molecule has 0 aliphatic heterocycles. The van der Waals surface area contributed by atoms with Crippen molar-refractivity contribution in [3.05, 3.63) is 0 Å². The zero-order chi connectivity index (χ0) is 14.2. The topological polar surface area (TPSA) is 87.7 Å². The van der Waals surface area contributed by atoms with E-state index in [0.29, 0.717) is 0 Å². The average molecular weight is 272 g/mol. The molecular formula is C9H15F3N2O4. The first-order chi connectivity index (χ1) is 8.26. The first kappa shape index (κ1) is 16.5. The molecule has 2 amide bonds. The van der Waals surface area contributed by atoms with E-state index in [1.54, 1.807) is 0 Å². The molecule has 0 spiro atoms. The number of carboxylic acid groups (broad SMARTS) is 1. The third-order valence-corrected chi connectivity index (χ3v) is 1.91. The lowest BCUT2D eigenvalue weighted by atomic mass is 10.2. The van der Waals surface area contributed by atoms with Crippen molar-refractivity contribution in [1.29, 1.82) is 0 Å². The summed E-state index contributed by atoms with van der Waals surface area (Å²) in [6.07, 6.45) is -5.51. The zero-order valence-corrected chi connectivity index (χ0v) is 9.71. The molecule has 0 aromatic rings. The maximum Gasteiger partial charge on any atom is 0.390 e. The second kappa shape index (κ2) is 7.75. The number of hydrogen-bond acceptors (Lipinski definition) is 3. The van der Waals surface area contributed by atoms with Gasteiger partial charge in [-0.2, -0.15) is 13.2 Å². The van der Waals surface area contributed by atoms with E-state index in [4.69, 9.17) is 5.11 Å². The van der Waals surface area contributed by atoms with Crippen LogP contribution in [0.2, 0.25) is 0 Å². The van der Waals surface area contributed by atoms with Crippen molar-refractivity contribution < 1.29 is 32.6 Å². The summed E-state index contributed by atoms with van der Waals surface area (Å²) in [6, 6.07) is -2.15. The van der Waals surface area contributed by atoms with Gasteiger partial charge in [-0.3, -0.25) is 0 Å². The number of amides is 2. The number of halogens is 3. The summed E-state index contributed by atoms with van der Waals surface area (Å²) in [6.45, 7) is -0.494. The highest BCUT2D eigenvalue weighted by molar-refractivity contribution is 5.82. The number of ether oxygens (including phenoxy) is 1. The average Bonchev–Trinajstić information content (AvgIpc) is 2.21. The van der Waals surface area contributed by atoms with Crippen LogP contribution < -0.4 is 10.6 Å². The maximum atomic E-state index is 11.8. The number of rotatable bonds is 7. The van der Waals surface area contributed by atoms with E-state index in [1.807, 2.05) is 10.6 Å². The molecule has 0 aliphatic carbocycles. The van der Waals surface area contributed by atoms with E-state index in [1.165, 1.54) is 7.11 Å². The molecule has 0 radical (unpaired) electrons. The molecule has 9 heteroatoms. The molecule has 0 saturated carbocycles. The normalized spacial score (nSPS) is 12.9. The maximum absolute atomic E-state index is 11.8. The largest absolute Gasteiger partial charge is 0.480 e. The van der Waals surface area contributed by atoms with E-state index < -0.39 is 37.2 Å². The van der Waals surface area contributed by atoms with E-state index in [9.17, 15) is 22.8 Å². The van der Waals surface area contributed by atoms with Crippen LogP contribution in [0, 0.1) is 0 Å². The number of carboxylic acids is 1. The second-order valence-corrected chi connectivity index (χ2v) is 3.44. The fourth-order valence-corrected chi connectivity index (χ4v) is 1.02. The summed E-state index contributed by atoms with van der Waals surface area (Å²) in [4.78, 5) is 21.8. The molecule has 0 aromatic carbocycles. The highest BCUT2D eigenvalue weighted by atomic mass is 19.4. The van der Waals surface area contributed by atoms with Gasteiger partial charge in [0.2, 0.25) is 0 Å². The molecule has 6 nitrogen and oxygen atoms in total. The minimum Gasteiger partial charge on any atom is -0.480 e. The van der Waals surface area contributed by atoms with Crippen molar-refractivity contribution in [3.63, 3.8) is 0 Å². The van der Waals surface area contributed by atoms with Gasteiger partial charge in [-0.25, -0.2) is 9.59 Å². The Morgan fingerprint density at radius 1 is 1.39 bits per heavy atom. The zero-order valence-electron chi connectivity index (χ0n) is 9.71. The third-order valence-electron chi connectivity index (χ3n) is 1.91. The minimum absolute atomic E-state index is 0.0263. The Bertz CT molecular complexity index is 283. The summed E-state index contributed by atoms with van der Waals surface area (Å²) in [5.74, 6) is -1.28. The predicted octanol–water partition coefficient (Wildman–Crippen LogP) is 0.728. The van der Waals surface area contributed by atoms with Gasteiger partial charge in [0, 0.05) is 26.7 Å². The van der Waals surface area contributed by atoms with Crippen LogP contribution in [0.3, 0.4) is 0 Å². The summed E-state index contributed by atoms with van der Waals surface area (Å²) in [7, 11) is 1.36. The minimum atomic E-state index is -4.37. The molecule has 3 N–H and O–H groups in total. The smallest absolute Gasteiger partial charge is 0.390 e. The molecule has 0 aromatic heterocycles. The molecule has 0 heterocycles. The Morgan fingerprint density at radius 3 is 2.44 bits per heavy atom. The number of aliphatic carboxylic acids is 1. The van der Waals surface area contributed by atoms with Crippen molar-refractivity contribution in [2.45, 2.75) is 25.1 Å². The Morgan fingerprint density at radius 2 is 2.00 bits per heavy atom. The van der Waals surface area contributed by atoms with Gasteiger partial charge in [-0.15, -0.1) is 0 Å². The van der Waals surface area contributed by atoms with Crippen molar-refractivity contribution in [3.8, 4) is 0 Å². The Balaban J connectivity index is 3.99. The fourth-order valence-electron chi connectivity index (χ4n) is 1.02. The molecule has 18 heavy (non-hydrogen) atoms. The number of alkyl halides is 3. The van der Waals surface area contributed by atoms with Gasteiger partial charge in [0.05, 0.1) is 6.42 Å². The van der Waals surface area contributed by atoms with Gasteiger partial charge in [0.25, 0.3) is 0 Å². The number of carbonyl (C=O) groups excluding carboxylic acids is 1. The van der Waals surface area contributed by atoms with Gasteiger partial charge in [-0.1, -0.05) is 0 Å². The highest BCUT2D eigenvalue weighted by Gasteiger charge is 2.27. The van der Waals surface area contributed by atoms with Crippen LogP contribution in [0.25, 0.3) is 0 Å². The number of hydrogen-bond donors (Lipinski definition) is 3. The lowest BCUT2D eigenvalue weighted by Gasteiger charge is -2.15. The molecule has 0 saturated heterocycles. The number of methoxy groups -OCH3 is 1. The monoisotopic (exact) mass is 272 g/mol. The second-order valence-electron chi connectivity index (χ2n) is 3.44. The Hall–Kier alpha value is -1.51. The summed E-state index contributed by atoms with van der Waals surface area (Å²) in [5.41, 5.74) is 0. The molecule has 0 bridgehead atoms. The van der Waals surface area contributed by atoms with Crippen LogP contribution >= 0.6 is 0 Å². The van der Waals surface area contributed by atoms with Crippen LogP contribution in [-0.4, -0.2) is 49.6 Å². The standard InChI is InChI=1S/C9H15F3N2O4/c1-18-5-2-6(7(15)16)14-8(17)13-4-3-9(10,11)12/h6H,2-5H2,1H3,(H,15,16)(H2,13,14,17). The van der Waals surface area contributed by atoms with Crippen LogP contribution in [0.1, 0.15) is 12.8 Å². The van der Waals surface area contributed by atoms with E-state index in [0.717, 1.165) is 0 Å². The number of nitrogens with one attached hydrogen (secondary N) is 2. The summed E-state index contributed by atoms with van der Waals surface area (Å²) >= 11 is 0. The van der Waals surface area contributed by atoms with Crippen molar-refractivity contribution in [2.24, 2.45) is 0 Å². The molecule has 106 valence electrons.